The number of carboxylic acid groups (broad SMARTS) is 1. The molecular weight excluding hydrogens is 1180 g/mol. The Balaban J connectivity index is 1.27. The molecule has 488 valence electrons. The van der Waals surface area contributed by atoms with Gasteiger partial charge in [0.25, 0.3) is 0 Å². The van der Waals surface area contributed by atoms with E-state index in [2.05, 4.69) is 9.50 Å². The number of hydrogen-bond donors (Lipinski definition) is 21. The highest BCUT2D eigenvalue weighted by molar-refractivity contribution is 7.80. The van der Waals surface area contributed by atoms with Gasteiger partial charge in [0.05, 0.1) is 38.6 Å². The Bertz CT molecular complexity index is 2250. The van der Waals surface area contributed by atoms with Crippen LogP contribution >= 0.6 is 0 Å². The van der Waals surface area contributed by atoms with Crippen LogP contribution in [0.4, 0.5) is 0 Å². The van der Waals surface area contributed by atoms with E-state index in [-0.39, 0.29) is 0 Å². The number of nitrogens with one attached hydrogen (secondary N) is 1. The molecule has 7 aliphatic rings. The number of aliphatic hydroxyl groups excluding tert-OH is 18. The fourth-order valence-electron chi connectivity index (χ4n) is 10.5. The van der Waals surface area contributed by atoms with Gasteiger partial charge in [-0.05, 0) is 13.8 Å². The van der Waals surface area contributed by atoms with Crippen molar-refractivity contribution < 1.29 is 185 Å². The summed E-state index contributed by atoms with van der Waals surface area (Å²) in [5.74, 6) is -2.93. The van der Waals surface area contributed by atoms with Gasteiger partial charge in [0.2, 0.25) is 5.91 Å². The number of ether oxygens (including phenoxy) is 13. The number of amides is 1. The van der Waals surface area contributed by atoms with Gasteiger partial charge in [0.1, 0.15) is 153 Å². The number of carbonyl (C=O) groups excluding carboxylic acids is 1. The van der Waals surface area contributed by atoms with Crippen molar-refractivity contribution in [2.75, 3.05) is 26.4 Å². The molecule has 0 bridgehead atoms. The molecule has 0 aromatic heterocycles. The molecule has 0 saturated carbocycles. The normalized spacial score (nSPS) is 50.6. The van der Waals surface area contributed by atoms with E-state index in [1.165, 1.54) is 13.8 Å². The van der Waals surface area contributed by atoms with Crippen LogP contribution in [0.5, 0.6) is 0 Å². The van der Waals surface area contributed by atoms with Crippen LogP contribution in [0.15, 0.2) is 0 Å². The van der Waals surface area contributed by atoms with Crippen molar-refractivity contribution in [2.24, 2.45) is 0 Å². The zero-order valence-corrected chi connectivity index (χ0v) is 45.1. The molecule has 7 aliphatic heterocycles. The van der Waals surface area contributed by atoms with Crippen molar-refractivity contribution in [1.82, 2.24) is 5.32 Å². The highest BCUT2D eigenvalue weighted by Gasteiger charge is 2.60. The van der Waals surface area contributed by atoms with Gasteiger partial charge in [0, 0.05) is 6.92 Å². The maximum absolute atomic E-state index is 12.4. The molecule has 0 radical (unpaired) electrons. The summed E-state index contributed by atoms with van der Waals surface area (Å²) in [5.41, 5.74) is 0. The number of carboxylic acids is 1. The SMILES string of the molecule is CC(=O)N[C@@H]1[C@@H](O[C@@H]2O[C@H](CO)[C@H](O[C@@H]3O[C@H](CO)[C@H](O[C@@H]4O[C@H](CO)[C@H](O)[C@H](O)[C@H]4O[C@@H]4O[C@@H](C)[C@@H](O)[C@@H](O)[C@@H]4O)[C@H](O[C@@H]4O[C@H](C(=O)O)[C@@H](O)C(OS(=O)(=O)O)[C@H]4O)[C@H]3O)[C@H](O)[C@H]2O[C@@H]2O[C@@H](C)[C@@H](O)[C@@H](O)[C@@H]2O)[C@@H](O)[C@@H](CO)O[C@H]1O. The lowest BCUT2D eigenvalue weighted by molar-refractivity contribution is -0.414. The Hall–Kier alpha value is -2.43. The average Bonchev–Trinajstić information content (AvgIpc) is 1.32. The molecule has 0 aliphatic carbocycles. The summed E-state index contributed by atoms with van der Waals surface area (Å²) in [7, 11) is -5.69. The van der Waals surface area contributed by atoms with E-state index in [1.807, 2.05) is 0 Å². The summed E-state index contributed by atoms with van der Waals surface area (Å²) < 4.78 is 113. The molecular formula is C44H73NO38S. The molecule has 84 heavy (non-hydrogen) atoms. The average molecular weight is 1260 g/mol. The summed E-state index contributed by atoms with van der Waals surface area (Å²) in [4.78, 5) is 24.7. The van der Waals surface area contributed by atoms with Crippen LogP contribution in [-0.2, 0) is 85.8 Å². The lowest BCUT2D eigenvalue weighted by Crippen LogP contribution is -2.70. The molecule has 7 fully saturated rings. The first-order chi connectivity index (χ1) is 39.4. The molecule has 7 rings (SSSR count). The second kappa shape index (κ2) is 28.6. The van der Waals surface area contributed by atoms with Gasteiger partial charge in [-0.1, -0.05) is 0 Å². The Labute approximate surface area is 474 Å². The van der Waals surface area contributed by atoms with E-state index in [1.54, 1.807) is 0 Å². The van der Waals surface area contributed by atoms with Gasteiger partial charge in [-0.15, -0.1) is 0 Å². The number of aliphatic carboxylic acids is 1. The lowest BCUT2D eigenvalue weighted by atomic mass is 9.94. The second-order valence-corrected chi connectivity index (χ2v) is 21.9. The van der Waals surface area contributed by atoms with Gasteiger partial charge < -0.3 is 164 Å². The van der Waals surface area contributed by atoms with Crippen molar-refractivity contribution in [3.63, 3.8) is 0 Å². The standard InChI is InChI=1S/C44H73NO38S/c1-8-16(51)20(55)23(58)39(70-8)81-35-22(57)18(53)11(4-46)73-43(35)77-30-14(7-49)74-41(28(63)33(30)79-42-27(62)32(83-84(67,68)69)26(61)34(80-42)37(64)65)76-29-13(6-48)75-44(36(25(29)60)82-40-24(59)21(56)17(52)9(2)71-40)78-31-15(45-10(3)50)38(66)72-12(5-47)19(31)54/h8-9,11-36,38-44,46-49,51-63,66H,4-7H2,1-3H3,(H,45,50)(H,64,65)(H,67,68,69)/t8-,9-,11+,12+,13+,14+,15+,16+,17+,18-,19-,20+,21+,22-,23-,24-,25-,26-,27+,28+,29-,30-,31+,32?,33+,34-,35+,36+,38+,39-,40-,41-,42+,43-,44-/m0/s1. The molecule has 40 heteroatoms. The van der Waals surface area contributed by atoms with Gasteiger partial charge in [-0.25, -0.2) is 8.98 Å². The zero-order chi connectivity index (χ0) is 62.3. The smallest absolute Gasteiger partial charge is 0.397 e. The van der Waals surface area contributed by atoms with Crippen LogP contribution in [0.1, 0.15) is 20.8 Å². The molecule has 1 unspecified atom stereocenters. The molecule has 7 heterocycles. The van der Waals surface area contributed by atoms with Crippen LogP contribution < -0.4 is 5.32 Å². The molecule has 0 aromatic rings. The van der Waals surface area contributed by atoms with Crippen LogP contribution in [0.3, 0.4) is 0 Å². The minimum absolute atomic E-state index is 0.835. The predicted molar refractivity (Wildman–Crippen MR) is 252 cm³/mol. The Morgan fingerprint density at radius 3 is 1.31 bits per heavy atom. The first-order valence-electron chi connectivity index (χ1n) is 26.0. The maximum Gasteiger partial charge on any atom is 0.397 e. The number of hydrogen-bond acceptors (Lipinski definition) is 36. The van der Waals surface area contributed by atoms with Gasteiger partial charge in [-0.2, -0.15) is 8.42 Å². The van der Waals surface area contributed by atoms with E-state index < -0.39 is 264 Å². The summed E-state index contributed by atoms with van der Waals surface area (Å²) in [6, 6.07) is -1.72. The molecule has 7 saturated heterocycles. The Morgan fingerprint density at radius 1 is 0.405 bits per heavy atom. The fraction of sp³-hybridized carbons (Fsp3) is 0.955. The van der Waals surface area contributed by atoms with E-state index in [0.717, 1.165) is 6.92 Å². The van der Waals surface area contributed by atoms with Crippen molar-refractivity contribution in [3.05, 3.63) is 0 Å². The largest absolute Gasteiger partial charge is 0.479 e. The topological polar surface area (TPSA) is 614 Å². The fourth-order valence-corrected chi connectivity index (χ4v) is 11.0. The first kappa shape index (κ1) is 69.1. The number of carbonyl (C=O) groups is 2. The van der Waals surface area contributed by atoms with Crippen LogP contribution in [-0.4, -0.2) is 363 Å². The summed E-state index contributed by atoms with van der Waals surface area (Å²) >= 11 is 0. The minimum Gasteiger partial charge on any atom is -0.479 e. The van der Waals surface area contributed by atoms with E-state index >= 15 is 0 Å². The third-order valence-electron chi connectivity index (χ3n) is 15.0. The van der Waals surface area contributed by atoms with Crippen molar-refractivity contribution in [3.8, 4) is 0 Å². The van der Waals surface area contributed by atoms with E-state index in [9.17, 15) is 120 Å². The molecule has 0 aromatic carbocycles. The quantitative estimate of drug-likeness (QED) is 0.0503. The lowest BCUT2D eigenvalue weighted by Gasteiger charge is -2.52. The molecule has 1 amide bonds. The summed E-state index contributed by atoms with van der Waals surface area (Å²) in [5, 5.41) is 210. The third-order valence-corrected chi connectivity index (χ3v) is 15.5. The van der Waals surface area contributed by atoms with Crippen molar-refractivity contribution >= 4 is 22.3 Å². The molecule has 35 atom stereocenters. The van der Waals surface area contributed by atoms with Gasteiger partial charge in [0.15, 0.2) is 50.1 Å². The van der Waals surface area contributed by atoms with Crippen molar-refractivity contribution in [1.29, 1.82) is 0 Å². The third kappa shape index (κ3) is 14.7. The minimum atomic E-state index is -5.69. The molecule has 0 spiro atoms. The van der Waals surface area contributed by atoms with Gasteiger partial charge >= 0.3 is 16.4 Å². The Morgan fingerprint density at radius 2 is 0.810 bits per heavy atom. The highest BCUT2D eigenvalue weighted by atomic mass is 32.3. The molecule has 21 N–H and O–H groups in total. The Kier molecular flexibility index (Phi) is 23.5. The monoisotopic (exact) mass is 1260 g/mol. The van der Waals surface area contributed by atoms with Crippen LogP contribution in [0, 0.1) is 0 Å². The van der Waals surface area contributed by atoms with E-state index in [0.29, 0.717) is 0 Å². The van der Waals surface area contributed by atoms with E-state index in [4.69, 9.17) is 61.6 Å². The molecule has 39 nitrogen and oxygen atoms in total. The summed E-state index contributed by atoms with van der Waals surface area (Å²) in [6.07, 6.45) is -73.0. The highest BCUT2D eigenvalue weighted by Crippen LogP contribution is 2.40. The number of rotatable bonds is 20. The van der Waals surface area contributed by atoms with Crippen molar-refractivity contribution in [2.45, 2.75) is 236 Å². The maximum atomic E-state index is 12.4. The zero-order valence-electron chi connectivity index (χ0n) is 44.2. The first-order valence-corrected chi connectivity index (χ1v) is 27.4. The van der Waals surface area contributed by atoms with Gasteiger partial charge in [-0.3, -0.25) is 9.35 Å². The summed E-state index contributed by atoms with van der Waals surface area (Å²) in [6.45, 7) is -1.19. The second-order valence-electron chi connectivity index (χ2n) is 20.8. The van der Waals surface area contributed by atoms with Crippen LogP contribution in [0.2, 0.25) is 0 Å². The predicted octanol–water partition coefficient (Wildman–Crippen LogP) is -14.2. The number of aliphatic hydroxyl groups is 18. The van der Waals surface area contributed by atoms with Crippen LogP contribution in [0.25, 0.3) is 0 Å².